The molecule has 1 amide bonds. The summed E-state index contributed by atoms with van der Waals surface area (Å²) in [4.78, 5) is 12.5. The molecule has 1 atom stereocenters. The van der Waals surface area contributed by atoms with Crippen LogP contribution in [-0.4, -0.2) is 28.8 Å². The lowest BCUT2D eigenvalue weighted by Gasteiger charge is -2.49. The van der Waals surface area contributed by atoms with Crippen molar-refractivity contribution in [2.24, 2.45) is 5.92 Å². The van der Waals surface area contributed by atoms with Crippen LogP contribution in [0.15, 0.2) is 0 Å². The molecule has 0 aliphatic carbocycles. The molecule has 2 fully saturated rings. The third-order valence-corrected chi connectivity index (χ3v) is 4.21. The summed E-state index contributed by atoms with van der Waals surface area (Å²) < 4.78 is 6.22. The molecule has 0 aromatic rings. The molecule has 1 unspecified atom stereocenters. The lowest BCUT2D eigenvalue weighted by atomic mass is 9.72. The van der Waals surface area contributed by atoms with E-state index >= 15 is 0 Å². The van der Waals surface area contributed by atoms with Crippen molar-refractivity contribution in [3.8, 4) is 0 Å². The zero-order valence-corrected chi connectivity index (χ0v) is 13.8. The first kappa shape index (κ1) is 15.8. The summed E-state index contributed by atoms with van der Waals surface area (Å²) in [7, 11) is 0. The van der Waals surface area contributed by atoms with Crippen LogP contribution in [0.25, 0.3) is 0 Å². The normalized spacial score (nSPS) is 30.8. The van der Waals surface area contributed by atoms with Gasteiger partial charge in [0, 0.05) is 23.9 Å². The highest BCUT2D eigenvalue weighted by molar-refractivity contribution is 5.87. The molecule has 20 heavy (non-hydrogen) atoms. The van der Waals surface area contributed by atoms with E-state index in [1.807, 2.05) is 0 Å². The largest absolute Gasteiger partial charge is 0.342 e. The summed E-state index contributed by atoms with van der Waals surface area (Å²) in [5.74, 6) is 0.710. The molecule has 0 bridgehead atoms. The third-order valence-electron chi connectivity index (χ3n) is 4.21. The molecule has 4 nitrogen and oxygen atoms in total. The summed E-state index contributed by atoms with van der Waals surface area (Å²) in [5.41, 5.74) is -0.835. The molecule has 2 aliphatic heterocycles. The Hall–Kier alpha value is -0.610. The van der Waals surface area contributed by atoms with Gasteiger partial charge < -0.3 is 15.4 Å². The zero-order chi connectivity index (χ0) is 15.2. The van der Waals surface area contributed by atoms with Gasteiger partial charge in [0.1, 0.15) is 6.23 Å². The maximum Gasteiger partial charge on any atom is 0.254 e. The van der Waals surface area contributed by atoms with Crippen LogP contribution < -0.4 is 10.6 Å². The Bertz CT molecular complexity index is 372. The molecule has 2 saturated heterocycles. The highest BCUT2D eigenvalue weighted by atomic mass is 16.5. The number of ether oxygens (including phenoxy) is 1. The summed E-state index contributed by atoms with van der Waals surface area (Å²) in [6.45, 7) is 13.0. The van der Waals surface area contributed by atoms with Crippen molar-refractivity contribution in [3.05, 3.63) is 0 Å². The first-order valence-electron chi connectivity index (χ1n) is 7.82. The van der Waals surface area contributed by atoms with E-state index in [1.54, 1.807) is 0 Å². The number of hydrogen-bond acceptors (Lipinski definition) is 3. The van der Waals surface area contributed by atoms with Crippen LogP contribution >= 0.6 is 0 Å². The second-order valence-corrected chi connectivity index (χ2v) is 8.29. The van der Waals surface area contributed by atoms with Crippen LogP contribution in [0.1, 0.15) is 67.2 Å². The van der Waals surface area contributed by atoms with E-state index in [4.69, 9.17) is 4.74 Å². The highest BCUT2D eigenvalue weighted by Crippen LogP contribution is 2.42. The van der Waals surface area contributed by atoms with Crippen LogP contribution in [0, 0.1) is 5.92 Å². The SMILES string of the molecule is CC(C)CCC1NC(=O)C2(CC(C)(C)NC(C)(C)C2)O1. The van der Waals surface area contributed by atoms with Crippen LogP contribution in [0.3, 0.4) is 0 Å². The van der Waals surface area contributed by atoms with Crippen molar-refractivity contribution in [3.63, 3.8) is 0 Å². The van der Waals surface area contributed by atoms with E-state index in [1.165, 1.54) is 0 Å². The number of hydrogen-bond donors (Lipinski definition) is 2. The molecular weight excluding hydrogens is 252 g/mol. The number of amides is 1. The number of carbonyl (C=O) groups is 1. The summed E-state index contributed by atoms with van der Waals surface area (Å²) >= 11 is 0. The smallest absolute Gasteiger partial charge is 0.254 e. The lowest BCUT2D eigenvalue weighted by molar-refractivity contribution is -0.146. The molecule has 4 heteroatoms. The topological polar surface area (TPSA) is 50.4 Å². The molecule has 116 valence electrons. The van der Waals surface area contributed by atoms with E-state index in [2.05, 4.69) is 52.2 Å². The lowest BCUT2D eigenvalue weighted by Crippen LogP contribution is -2.65. The molecule has 0 aromatic carbocycles. The summed E-state index contributed by atoms with van der Waals surface area (Å²) in [5, 5.41) is 6.67. The van der Waals surface area contributed by atoms with Gasteiger partial charge in [-0.3, -0.25) is 4.79 Å². The van der Waals surface area contributed by atoms with Gasteiger partial charge in [0.05, 0.1) is 0 Å². The van der Waals surface area contributed by atoms with Gasteiger partial charge in [-0.05, 0) is 46.5 Å². The first-order chi connectivity index (χ1) is 9.04. The fraction of sp³-hybridized carbons (Fsp3) is 0.938. The predicted octanol–water partition coefficient (Wildman–Crippen LogP) is 2.57. The minimum atomic E-state index is -0.653. The Morgan fingerprint density at radius 2 is 1.75 bits per heavy atom. The third kappa shape index (κ3) is 3.34. The van der Waals surface area contributed by atoms with Crippen LogP contribution in [0.4, 0.5) is 0 Å². The molecule has 2 N–H and O–H groups in total. The van der Waals surface area contributed by atoms with E-state index in [9.17, 15) is 4.79 Å². The molecule has 0 aromatic heterocycles. The van der Waals surface area contributed by atoms with Gasteiger partial charge in [-0.1, -0.05) is 13.8 Å². The Labute approximate surface area is 123 Å². The zero-order valence-electron chi connectivity index (χ0n) is 13.8. The standard InChI is InChI=1S/C16H30N2O2/c1-11(2)7-8-12-17-13(19)16(20-12)9-14(3,4)18-15(5,6)10-16/h11-12,18H,7-10H2,1-6H3,(H,17,19). The minimum Gasteiger partial charge on any atom is -0.342 e. The molecular formula is C16H30N2O2. The Morgan fingerprint density at radius 3 is 2.25 bits per heavy atom. The Balaban J connectivity index is 2.12. The number of carbonyl (C=O) groups excluding carboxylic acids is 1. The van der Waals surface area contributed by atoms with Gasteiger partial charge in [0.2, 0.25) is 0 Å². The van der Waals surface area contributed by atoms with Crippen molar-refractivity contribution in [2.45, 2.75) is 90.1 Å². The van der Waals surface area contributed by atoms with E-state index in [-0.39, 0.29) is 23.2 Å². The summed E-state index contributed by atoms with van der Waals surface area (Å²) in [6.07, 6.45) is 3.32. The Morgan fingerprint density at radius 1 is 1.20 bits per heavy atom. The van der Waals surface area contributed by atoms with Crippen LogP contribution in [-0.2, 0) is 9.53 Å². The molecule has 1 spiro atoms. The van der Waals surface area contributed by atoms with E-state index in [0.29, 0.717) is 5.92 Å². The molecule has 0 saturated carbocycles. The predicted molar refractivity (Wildman–Crippen MR) is 80.3 cm³/mol. The number of rotatable bonds is 3. The molecule has 0 radical (unpaired) electrons. The monoisotopic (exact) mass is 282 g/mol. The average molecular weight is 282 g/mol. The molecule has 2 heterocycles. The van der Waals surface area contributed by atoms with Crippen LogP contribution in [0.2, 0.25) is 0 Å². The number of nitrogens with one attached hydrogen (secondary N) is 2. The van der Waals surface area contributed by atoms with Crippen molar-refractivity contribution in [1.29, 1.82) is 0 Å². The summed E-state index contributed by atoms with van der Waals surface area (Å²) in [6, 6.07) is 0. The fourth-order valence-corrected chi connectivity index (χ4v) is 3.99. The minimum absolute atomic E-state index is 0.0777. The second-order valence-electron chi connectivity index (χ2n) is 8.29. The van der Waals surface area contributed by atoms with Crippen LogP contribution in [0.5, 0.6) is 0 Å². The van der Waals surface area contributed by atoms with Gasteiger partial charge in [0.15, 0.2) is 5.60 Å². The second kappa shape index (κ2) is 4.99. The highest BCUT2D eigenvalue weighted by Gasteiger charge is 2.56. The molecule has 2 aliphatic rings. The maximum atomic E-state index is 12.5. The van der Waals surface area contributed by atoms with Gasteiger partial charge in [-0.15, -0.1) is 0 Å². The molecule has 2 rings (SSSR count). The Kier molecular flexibility index (Phi) is 3.93. The maximum absolute atomic E-state index is 12.5. The van der Waals surface area contributed by atoms with Gasteiger partial charge in [-0.2, -0.15) is 0 Å². The fourth-order valence-electron chi connectivity index (χ4n) is 3.99. The van der Waals surface area contributed by atoms with E-state index in [0.717, 1.165) is 25.7 Å². The van der Waals surface area contributed by atoms with Crippen molar-refractivity contribution < 1.29 is 9.53 Å². The van der Waals surface area contributed by atoms with Crippen molar-refractivity contribution in [1.82, 2.24) is 10.6 Å². The van der Waals surface area contributed by atoms with Gasteiger partial charge >= 0.3 is 0 Å². The van der Waals surface area contributed by atoms with Crippen molar-refractivity contribution >= 4 is 5.91 Å². The van der Waals surface area contributed by atoms with Gasteiger partial charge in [-0.25, -0.2) is 0 Å². The van der Waals surface area contributed by atoms with E-state index < -0.39 is 5.60 Å². The van der Waals surface area contributed by atoms with Gasteiger partial charge in [0.25, 0.3) is 5.91 Å². The average Bonchev–Trinajstić information content (AvgIpc) is 2.47. The quantitative estimate of drug-likeness (QED) is 0.836. The number of piperidine rings is 1. The first-order valence-corrected chi connectivity index (χ1v) is 7.82. The van der Waals surface area contributed by atoms with Crippen molar-refractivity contribution in [2.75, 3.05) is 0 Å².